The fourth-order valence-electron chi connectivity index (χ4n) is 2.14. The first-order valence-corrected chi connectivity index (χ1v) is 5.60. The van der Waals surface area contributed by atoms with Crippen molar-refractivity contribution >= 4 is 5.97 Å². The van der Waals surface area contributed by atoms with Crippen LogP contribution in [-0.2, 0) is 0 Å². The van der Waals surface area contributed by atoms with E-state index in [2.05, 4.69) is 0 Å². The first-order valence-electron chi connectivity index (χ1n) is 5.60. The molecule has 0 aromatic heterocycles. The summed E-state index contributed by atoms with van der Waals surface area (Å²) in [6, 6.07) is 9.72. The molecule has 0 aliphatic rings. The van der Waals surface area contributed by atoms with Crippen LogP contribution in [0.25, 0.3) is 11.1 Å². The van der Waals surface area contributed by atoms with Gasteiger partial charge in [0.2, 0.25) is 0 Å². The van der Waals surface area contributed by atoms with E-state index in [0.717, 1.165) is 11.1 Å². The van der Waals surface area contributed by atoms with Crippen molar-refractivity contribution in [2.45, 2.75) is 13.8 Å². The molecule has 3 heteroatoms. The number of hydrogen-bond donors (Lipinski definition) is 1. The molecule has 0 spiro atoms. The number of hydrogen-bond acceptors (Lipinski definition) is 1. The fourth-order valence-corrected chi connectivity index (χ4v) is 2.14. The van der Waals surface area contributed by atoms with Crippen molar-refractivity contribution in [1.29, 1.82) is 0 Å². The van der Waals surface area contributed by atoms with Crippen molar-refractivity contribution in [2.24, 2.45) is 0 Å². The van der Waals surface area contributed by atoms with Crippen molar-refractivity contribution in [3.8, 4) is 11.1 Å². The van der Waals surface area contributed by atoms with Crippen LogP contribution in [0.1, 0.15) is 21.5 Å². The van der Waals surface area contributed by atoms with E-state index in [1.807, 2.05) is 13.0 Å². The van der Waals surface area contributed by atoms with Crippen LogP contribution in [0, 0.1) is 19.7 Å². The molecule has 0 fully saturated rings. The van der Waals surface area contributed by atoms with Gasteiger partial charge in [0.05, 0.1) is 5.56 Å². The normalized spacial score (nSPS) is 10.4. The molecule has 0 aliphatic heterocycles. The van der Waals surface area contributed by atoms with Gasteiger partial charge in [-0.2, -0.15) is 0 Å². The van der Waals surface area contributed by atoms with Crippen LogP contribution in [-0.4, -0.2) is 11.1 Å². The summed E-state index contributed by atoms with van der Waals surface area (Å²) in [6.07, 6.45) is 0. The van der Waals surface area contributed by atoms with Gasteiger partial charge < -0.3 is 5.11 Å². The highest BCUT2D eigenvalue weighted by Gasteiger charge is 2.16. The number of carboxylic acid groups (broad SMARTS) is 1. The van der Waals surface area contributed by atoms with Crippen molar-refractivity contribution in [3.63, 3.8) is 0 Å². The average Bonchev–Trinajstić information content (AvgIpc) is 2.28. The SMILES string of the molecule is Cc1cc(C)c(-c2ccccc2C(=O)O)c(F)c1. The number of carbonyl (C=O) groups is 1. The first kappa shape index (κ1) is 12.3. The van der Waals surface area contributed by atoms with Gasteiger partial charge in [0.15, 0.2) is 0 Å². The van der Waals surface area contributed by atoms with Crippen LogP contribution in [0.3, 0.4) is 0 Å². The molecule has 0 saturated heterocycles. The Morgan fingerprint density at radius 3 is 2.44 bits per heavy atom. The monoisotopic (exact) mass is 244 g/mol. The summed E-state index contributed by atoms with van der Waals surface area (Å²) >= 11 is 0. The summed E-state index contributed by atoms with van der Waals surface area (Å²) in [5.74, 6) is -1.44. The van der Waals surface area contributed by atoms with Crippen LogP contribution in [0.15, 0.2) is 36.4 Å². The Labute approximate surface area is 105 Å². The van der Waals surface area contributed by atoms with E-state index in [-0.39, 0.29) is 11.4 Å². The van der Waals surface area contributed by atoms with Gasteiger partial charge in [0, 0.05) is 5.56 Å². The molecule has 0 bridgehead atoms. The lowest BCUT2D eigenvalue weighted by atomic mass is 9.94. The highest BCUT2D eigenvalue weighted by atomic mass is 19.1. The Morgan fingerprint density at radius 1 is 1.17 bits per heavy atom. The molecule has 0 unspecified atom stereocenters. The smallest absolute Gasteiger partial charge is 0.336 e. The number of carboxylic acids is 1. The third kappa shape index (κ3) is 2.12. The lowest BCUT2D eigenvalue weighted by Gasteiger charge is -2.11. The van der Waals surface area contributed by atoms with Crippen molar-refractivity contribution < 1.29 is 14.3 Å². The van der Waals surface area contributed by atoms with Crippen molar-refractivity contribution in [3.05, 3.63) is 58.9 Å². The molecule has 0 saturated carbocycles. The Hall–Kier alpha value is -2.16. The van der Waals surface area contributed by atoms with E-state index < -0.39 is 5.97 Å². The van der Waals surface area contributed by atoms with Gasteiger partial charge in [-0.25, -0.2) is 9.18 Å². The Morgan fingerprint density at radius 2 is 1.83 bits per heavy atom. The minimum absolute atomic E-state index is 0.114. The van der Waals surface area contributed by atoms with E-state index in [9.17, 15) is 9.18 Å². The molecular formula is C15H13FO2. The molecule has 0 amide bonds. The van der Waals surface area contributed by atoms with Gasteiger partial charge >= 0.3 is 5.97 Å². The summed E-state index contributed by atoms with van der Waals surface area (Å²) in [7, 11) is 0. The van der Waals surface area contributed by atoms with Crippen LogP contribution in [0.4, 0.5) is 4.39 Å². The number of aromatic carboxylic acids is 1. The van der Waals surface area contributed by atoms with Crippen molar-refractivity contribution in [2.75, 3.05) is 0 Å². The highest BCUT2D eigenvalue weighted by Crippen LogP contribution is 2.30. The molecule has 0 heterocycles. The second kappa shape index (κ2) is 4.61. The fraction of sp³-hybridized carbons (Fsp3) is 0.133. The summed E-state index contributed by atoms with van der Waals surface area (Å²) in [4.78, 5) is 11.2. The van der Waals surface area contributed by atoms with Crippen LogP contribution in [0.5, 0.6) is 0 Å². The minimum atomic E-state index is -1.05. The molecule has 1 N–H and O–H groups in total. The molecule has 2 aromatic rings. The lowest BCUT2D eigenvalue weighted by molar-refractivity contribution is 0.0697. The molecule has 0 atom stereocenters. The Kier molecular flexibility index (Phi) is 3.15. The number of aryl methyl sites for hydroxylation is 2. The van der Waals surface area contributed by atoms with Gasteiger partial charge in [-0.1, -0.05) is 24.3 Å². The zero-order valence-corrected chi connectivity index (χ0v) is 10.2. The molecule has 2 nitrogen and oxygen atoms in total. The van der Waals surface area contributed by atoms with Gasteiger partial charge in [0.1, 0.15) is 5.82 Å². The van der Waals surface area contributed by atoms with Gasteiger partial charge in [-0.05, 0) is 42.7 Å². The largest absolute Gasteiger partial charge is 0.478 e. The maximum Gasteiger partial charge on any atom is 0.336 e. The topological polar surface area (TPSA) is 37.3 Å². The number of benzene rings is 2. The summed E-state index contributed by atoms with van der Waals surface area (Å²) in [5, 5.41) is 9.14. The van der Waals surface area contributed by atoms with E-state index in [0.29, 0.717) is 11.1 Å². The Bertz CT molecular complexity index is 595. The number of rotatable bonds is 2. The second-order valence-electron chi connectivity index (χ2n) is 4.29. The molecule has 2 rings (SSSR count). The second-order valence-corrected chi connectivity index (χ2v) is 4.29. The van der Waals surface area contributed by atoms with E-state index in [4.69, 9.17) is 5.11 Å². The first-order chi connectivity index (χ1) is 8.50. The zero-order chi connectivity index (χ0) is 13.3. The maximum absolute atomic E-state index is 14.0. The van der Waals surface area contributed by atoms with E-state index >= 15 is 0 Å². The van der Waals surface area contributed by atoms with Gasteiger partial charge in [-0.3, -0.25) is 0 Å². The average molecular weight is 244 g/mol. The third-order valence-electron chi connectivity index (χ3n) is 2.86. The zero-order valence-electron chi connectivity index (χ0n) is 10.2. The molecule has 92 valence electrons. The molecule has 0 aliphatic carbocycles. The summed E-state index contributed by atoms with van der Waals surface area (Å²) < 4.78 is 14.0. The predicted molar refractivity (Wildman–Crippen MR) is 68.3 cm³/mol. The van der Waals surface area contributed by atoms with Gasteiger partial charge in [-0.15, -0.1) is 0 Å². The lowest BCUT2D eigenvalue weighted by Crippen LogP contribution is -2.01. The molecule has 0 radical (unpaired) electrons. The minimum Gasteiger partial charge on any atom is -0.478 e. The standard InChI is InChI=1S/C15H13FO2/c1-9-7-10(2)14(13(16)8-9)11-5-3-4-6-12(11)15(17)18/h3-8H,1-2H3,(H,17,18). The van der Waals surface area contributed by atoms with Crippen LogP contribution >= 0.6 is 0 Å². The third-order valence-corrected chi connectivity index (χ3v) is 2.86. The Balaban J connectivity index is 2.74. The number of halogens is 1. The molecular weight excluding hydrogens is 231 g/mol. The van der Waals surface area contributed by atoms with Crippen molar-refractivity contribution in [1.82, 2.24) is 0 Å². The van der Waals surface area contributed by atoms with Crippen LogP contribution in [0.2, 0.25) is 0 Å². The molecule has 2 aromatic carbocycles. The quantitative estimate of drug-likeness (QED) is 0.872. The highest BCUT2D eigenvalue weighted by molar-refractivity contribution is 5.96. The summed E-state index contributed by atoms with van der Waals surface area (Å²) in [5.41, 5.74) is 2.45. The van der Waals surface area contributed by atoms with Crippen LogP contribution < -0.4 is 0 Å². The predicted octanol–water partition coefficient (Wildman–Crippen LogP) is 3.81. The summed E-state index contributed by atoms with van der Waals surface area (Å²) in [6.45, 7) is 3.59. The molecule has 18 heavy (non-hydrogen) atoms. The van der Waals surface area contributed by atoms with E-state index in [1.165, 1.54) is 12.1 Å². The maximum atomic E-state index is 14.0. The van der Waals surface area contributed by atoms with E-state index in [1.54, 1.807) is 25.1 Å². The van der Waals surface area contributed by atoms with Gasteiger partial charge in [0.25, 0.3) is 0 Å².